The van der Waals surface area contributed by atoms with Crippen molar-refractivity contribution in [2.45, 2.75) is 169 Å². The zero-order valence-corrected chi connectivity index (χ0v) is 58.9. The van der Waals surface area contributed by atoms with E-state index in [0.29, 0.717) is 57.1 Å². The van der Waals surface area contributed by atoms with Crippen LogP contribution in [0.4, 0.5) is 22.0 Å². The number of hydrogen-bond donors (Lipinski definition) is 12. The number of halogens is 5. The van der Waals surface area contributed by atoms with Crippen molar-refractivity contribution < 1.29 is 79.7 Å². The van der Waals surface area contributed by atoms with Crippen molar-refractivity contribution in [1.29, 1.82) is 0 Å². The number of nitrogens with two attached hydrogens (primary N) is 2. The number of nitrogens with one attached hydrogen (secondary N) is 9. The average molecular weight is 1470 g/mol. The summed E-state index contributed by atoms with van der Waals surface area (Å²) in [6, 6.07) is 5.81. The number of alkyl halides is 3. The molecule has 3 aliphatic rings. The standard InChI is InChI=1S/C71H86F5N13O12S2/c1-38-62(93)83-54(29-43-33-79-51-17-13-46(72)31-49(43)51)64(95)84-56(30-44-34-80-52-18-14-47(73)32-50(44)52)67(98)88-22-7-10-58(88)65(96)87-60(39(2)90)66(97)85-55(28-40-11-15-48(101-4)16-12-40)68(99)89-23-8-20-70(89,3)69(100)86-57(61(78)92)37-103-36-42-25-41(26-45(27-42)71(74,75)76)35-102-24-19-59(91)82-53(63(94)81-38)9-5-6-21-77/h11-18,25-27,31-34,38-39,53-58,60,79-80,90H,5-10,19-24,28-30,35-37,77H2,1-4H3,(H2,78,92)(H,81,94)(H,82,91)(H,83,93)(H,84,95)(H,85,97)(H,86,100)(H,87,96)/t38-,39-,53+,54+,55+,56+,57+,58+,60+,70+/m1/s1. The van der Waals surface area contributed by atoms with Crippen molar-refractivity contribution in [1.82, 2.24) is 57.0 Å². The fourth-order valence-corrected chi connectivity index (χ4v) is 15.0. The number of aromatic nitrogens is 2. The number of aliphatic hydroxyl groups excluding tert-OH is 1. The maximum atomic E-state index is 15.4. The van der Waals surface area contributed by atoms with Gasteiger partial charge in [0.1, 0.15) is 71.3 Å². The highest BCUT2D eigenvalue weighted by atomic mass is 32.2. The topological polar surface area (TPSA) is 374 Å². The lowest BCUT2D eigenvalue weighted by Crippen LogP contribution is -2.64. The Balaban J connectivity index is 1.06. The second kappa shape index (κ2) is 34.8. The minimum atomic E-state index is -4.78. The maximum Gasteiger partial charge on any atom is 0.416 e. The molecule has 32 heteroatoms. The molecule has 10 atom stereocenters. The van der Waals surface area contributed by atoms with Crippen molar-refractivity contribution in [2.75, 3.05) is 38.2 Å². The Kier molecular flexibility index (Phi) is 26.3. The number of primary amides is 1. The minimum Gasteiger partial charge on any atom is -0.497 e. The summed E-state index contributed by atoms with van der Waals surface area (Å²) in [6.45, 7) is 4.14. The fraction of sp³-hybridized carbons (Fsp3) is 0.465. The van der Waals surface area contributed by atoms with Gasteiger partial charge in [0.25, 0.3) is 0 Å². The summed E-state index contributed by atoms with van der Waals surface area (Å²) in [7, 11) is 1.45. The van der Waals surface area contributed by atoms with Crippen molar-refractivity contribution in [3.63, 3.8) is 0 Å². The SMILES string of the molecule is COc1ccc(C[C@@H]2NC(=O)[C@H]([C@@H](C)O)NC(=O)[C@@H]3CCCN3C(=O)[C@H](Cc3c[nH]c4ccc(F)cc34)NC(=O)[C@H](Cc3c[nH]c4ccc(F)cc34)NC(=O)[C@@H](C)NC(=O)[C@H](CCCCN)NC(=O)CCSCc3cc(cc(C(F)(F)F)c3)CSC[C@@H](C(N)=O)NC(=O)[C@]3(C)CCCN3C2=O)cc1. The lowest BCUT2D eigenvalue weighted by Gasteiger charge is -2.37. The van der Waals surface area contributed by atoms with Gasteiger partial charge in [-0.05, 0) is 161 Å². The molecule has 0 unspecified atom stereocenters. The van der Waals surface area contributed by atoms with Crippen LogP contribution in [0.3, 0.4) is 0 Å². The third kappa shape index (κ3) is 19.9. The van der Waals surface area contributed by atoms with Gasteiger partial charge in [0.15, 0.2) is 0 Å². The Labute approximate surface area is 599 Å². The molecule has 4 aromatic carbocycles. The molecule has 9 rings (SSSR count). The van der Waals surface area contributed by atoms with Gasteiger partial charge >= 0.3 is 6.18 Å². The minimum absolute atomic E-state index is 0.000870. The zero-order chi connectivity index (χ0) is 74.4. The number of aliphatic hydroxyl groups is 1. The fourth-order valence-electron chi connectivity index (χ4n) is 13.1. The van der Waals surface area contributed by atoms with Crippen LogP contribution in [0.15, 0.2) is 91.3 Å². The van der Waals surface area contributed by atoms with Gasteiger partial charge in [-0.25, -0.2) is 8.78 Å². The Morgan fingerprint density at radius 3 is 1.90 bits per heavy atom. The van der Waals surface area contributed by atoms with Crippen molar-refractivity contribution >= 4 is 104 Å². The molecule has 2 saturated heterocycles. The summed E-state index contributed by atoms with van der Waals surface area (Å²) in [4.78, 5) is 154. The lowest BCUT2D eigenvalue weighted by molar-refractivity contribution is -0.147. The second-order valence-electron chi connectivity index (χ2n) is 26.4. The van der Waals surface area contributed by atoms with Crippen LogP contribution in [-0.2, 0) is 84.9 Å². The van der Waals surface area contributed by atoms with Gasteiger partial charge in [-0.3, -0.25) is 47.9 Å². The summed E-state index contributed by atoms with van der Waals surface area (Å²) >= 11 is 2.14. The summed E-state index contributed by atoms with van der Waals surface area (Å²) in [5, 5.41) is 30.7. The van der Waals surface area contributed by atoms with E-state index < -0.39 is 142 Å². The number of aromatic amines is 2. The van der Waals surface area contributed by atoms with Gasteiger partial charge < -0.3 is 78.3 Å². The molecule has 2 aromatic heterocycles. The molecule has 0 saturated carbocycles. The highest BCUT2D eigenvalue weighted by molar-refractivity contribution is 7.98. The molecule has 14 N–H and O–H groups in total. The van der Waals surface area contributed by atoms with E-state index in [2.05, 4.69) is 47.2 Å². The highest BCUT2D eigenvalue weighted by Crippen LogP contribution is 2.35. The van der Waals surface area contributed by atoms with Crippen LogP contribution in [0.25, 0.3) is 21.8 Å². The molecule has 554 valence electrons. The normalized spacial score (nSPS) is 24.4. The van der Waals surface area contributed by atoms with Crippen LogP contribution >= 0.6 is 23.5 Å². The number of fused-ring (bicyclic) bond motifs is 6. The number of amides is 10. The Morgan fingerprint density at radius 2 is 1.29 bits per heavy atom. The molecular formula is C71H86F5N13O12S2. The van der Waals surface area contributed by atoms with E-state index >= 15 is 18.8 Å². The molecule has 3 aliphatic heterocycles. The third-order valence-corrected chi connectivity index (χ3v) is 20.9. The van der Waals surface area contributed by atoms with Gasteiger partial charge in [-0.15, -0.1) is 0 Å². The van der Waals surface area contributed by atoms with E-state index in [4.69, 9.17) is 16.2 Å². The van der Waals surface area contributed by atoms with Crippen LogP contribution in [0.5, 0.6) is 5.75 Å². The average Bonchev–Trinajstić information content (AvgIpc) is 1.68. The quantitative estimate of drug-likeness (QED) is 0.0565. The van der Waals surface area contributed by atoms with Gasteiger partial charge in [0.2, 0.25) is 59.1 Å². The Hall–Kier alpha value is -9.27. The van der Waals surface area contributed by atoms with Crippen molar-refractivity contribution in [3.05, 3.63) is 136 Å². The van der Waals surface area contributed by atoms with Crippen LogP contribution in [0, 0.1) is 11.6 Å². The largest absolute Gasteiger partial charge is 0.497 e. The van der Waals surface area contributed by atoms with E-state index in [1.165, 1.54) is 92.5 Å². The van der Waals surface area contributed by atoms with Crippen LogP contribution in [0.1, 0.15) is 106 Å². The first kappa shape index (κ1) is 77.9. The smallest absolute Gasteiger partial charge is 0.416 e. The van der Waals surface area contributed by atoms with Crippen LogP contribution in [-0.4, -0.2) is 182 Å². The van der Waals surface area contributed by atoms with Crippen molar-refractivity contribution in [3.8, 4) is 5.75 Å². The van der Waals surface area contributed by atoms with E-state index in [1.807, 2.05) is 0 Å². The summed E-state index contributed by atoms with van der Waals surface area (Å²) < 4.78 is 78.6. The monoisotopic (exact) mass is 1470 g/mol. The number of hydrogen-bond acceptors (Lipinski definition) is 15. The molecule has 2 fully saturated rings. The molecule has 10 amide bonds. The van der Waals surface area contributed by atoms with Crippen LogP contribution in [0.2, 0.25) is 0 Å². The maximum absolute atomic E-state index is 15.4. The number of nitrogens with zero attached hydrogens (tertiary/aromatic N) is 2. The highest BCUT2D eigenvalue weighted by Gasteiger charge is 2.49. The second-order valence-corrected chi connectivity index (χ2v) is 28.5. The molecule has 0 spiro atoms. The van der Waals surface area contributed by atoms with E-state index in [0.717, 1.165) is 35.7 Å². The number of H-pyrrole nitrogens is 2. The number of ether oxygens (including phenoxy) is 1. The number of rotatable bonds is 13. The Morgan fingerprint density at radius 1 is 0.689 bits per heavy atom. The molecule has 2 bridgehead atoms. The lowest BCUT2D eigenvalue weighted by atomic mass is 9.95. The van der Waals surface area contributed by atoms with E-state index in [9.17, 15) is 56.2 Å². The third-order valence-electron chi connectivity index (χ3n) is 18.7. The molecule has 0 aliphatic carbocycles. The van der Waals surface area contributed by atoms with E-state index in [-0.39, 0.29) is 112 Å². The van der Waals surface area contributed by atoms with Gasteiger partial charge in [0.05, 0.1) is 18.8 Å². The molecule has 0 radical (unpaired) electrons. The first-order valence-electron chi connectivity index (χ1n) is 33.9. The predicted molar refractivity (Wildman–Crippen MR) is 376 cm³/mol. The number of thioether (sulfide) groups is 2. The van der Waals surface area contributed by atoms with Gasteiger partial charge in [-0.1, -0.05) is 18.2 Å². The van der Waals surface area contributed by atoms with Crippen LogP contribution < -0.4 is 53.4 Å². The summed E-state index contributed by atoms with van der Waals surface area (Å²) in [5.74, 6) is -9.69. The molecule has 25 nitrogen and oxygen atoms in total. The number of unbranched alkanes of at least 4 members (excludes halogenated alkanes) is 1. The van der Waals surface area contributed by atoms with E-state index in [1.54, 1.807) is 24.3 Å². The first-order valence-corrected chi connectivity index (χ1v) is 36.3. The number of benzene rings is 4. The molecule has 103 heavy (non-hydrogen) atoms. The molecular weight excluding hydrogens is 1390 g/mol. The summed E-state index contributed by atoms with van der Waals surface area (Å²) in [6.07, 6.45) is -3.12. The predicted octanol–water partition coefficient (Wildman–Crippen LogP) is 4.33. The zero-order valence-electron chi connectivity index (χ0n) is 57.3. The number of carbonyl (C=O) groups is 10. The Bertz CT molecular complexity index is 4100. The number of carbonyl (C=O) groups excluding carboxylic acids is 10. The first-order chi connectivity index (χ1) is 49.0. The van der Waals surface area contributed by atoms with Gasteiger partial charge in [-0.2, -0.15) is 36.7 Å². The molecule has 5 heterocycles. The summed E-state index contributed by atoms with van der Waals surface area (Å²) in [5.41, 5.74) is 11.5. The number of methoxy groups -OCH3 is 1. The van der Waals surface area contributed by atoms with Crippen molar-refractivity contribution in [2.24, 2.45) is 11.5 Å². The van der Waals surface area contributed by atoms with Gasteiger partial charge in [0, 0.05) is 96.0 Å². The molecule has 6 aromatic rings.